The van der Waals surface area contributed by atoms with Crippen LogP contribution in [0.2, 0.25) is 0 Å². The molecule has 0 saturated carbocycles. The molecule has 0 aromatic carbocycles. The second-order valence-corrected chi connectivity index (χ2v) is 4.85. The van der Waals surface area contributed by atoms with Crippen LogP contribution in [0.4, 0.5) is 5.82 Å². The summed E-state index contributed by atoms with van der Waals surface area (Å²) in [6.07, 6.45) is 2.55. The maximum absolute atomic E-state index is 4.44. The summed E-state index contributed by atoms with van der Waals surface area (Å²) in [6, 6.07) is 0. The molecule has 18 heavy (non-hydrogen) atoms. The number of aromatic amines is 1. The lowest BCUT2D eigenvalue weighted by Crippen LogP contribution is -2.07. The van der Waals surface area contributed by atoms with Gasteiger partial charge in [0, 0.05) is 12.1 Å². The highest BCUT2D eigenvalue weighted by atomic mass is 32.2. The standard InChI is InChI=1S/C11H16N6S/c1-4-5-12-9-7(2)10(16-8(3)15-9)18-11-13-6-14-17-11/h6H,4-5H2,1-3H3,(H,12,15,16)(H,13,14,17). The van der Waals surface area contributed by atoms with Crippen molar-refractivity contribution in [1.29, 1.82) is 0 Å². The van der Waals surface area contributed by atoms with Gasteiger partial charge < -0.3 is 5.32 Å². The first kappa shape index (κ1) is 12.8. The third-order valence-corrected chi connectivity index (χ3v) is 3.32. The first-order valence-corrected chi connectivity index (χ1v) is 6.64. The number of anilines is 1. The minimum atomic E-state index is 0.734. The number of nitrogens with one attached hydrogen (secondary N) is 2. The predicted octanol–water partition coefficient (Wildman–Crippen LogP) is 2.18. The number of aryl methyl sites for hydroxylation is 1. The highest BCUT2D eigenvalue weighted by molar-refractivity contribution is 7.99. The van der Waals surface area contributed by atoms with Gasteiger partial charge in [0.2, 0.25) is 0 Å². The molecule has 0 spiro atoms. The molecule has 6 nitrogen and oxygen atoms in total. The van der Waals surface area contributed by atoms with E-state index >= 15 is 0 Å². The fourth-order valence-electron chi connectivity index (χ4n) is 1.45. The summed E-state index contributed by atoms with van der Waals surface area (Å²) in [5.41, 5.74) is 1.04. The Labute approximate surface area is 110 Å². The van der Waals surface area contributed by atoms with Crippen molar-refractivity contribution in [2.45, 2.75) is 37.4 Å². The molecule has 2 aromatic heterocycles. The van der Waals surface area contributed by atoms with E-state index in [-0.39, 0.29) is 0 Å². The van der Waals surface area contributed by atoms with Crippen LogP contribution in [0.15, 0.2) is 16.5 Å². The molecule has 0 bridgehead atoms. The van der Waals surface area contributed by atoms with Crippen LogP contribution < -0.4 is 5.32 Å². The number of nitrogens with zero attached hydrogens (tertiary/aromatic N) is 4. The highest BCUT2D eigenvalue weighted by Gasteiger charge is 2.11. The molecule has 0 fully saturated rings. The minimum Gasteiger partial charge on any atom is -0.370 e. The van der Waals surface area contributed by atoms with Gasteiger partial charge in [0.25, 0.3) is 0 Å². The zero-order valence-corrected chi connectivity index (χ0v) is 11.5. The Morgan fingerprint density at radius 3 is 2.83 bits per heavy atom. The van der Waals surface area contributed by atoms with Gasteiger partial charge in [0.1, 0.15) is 23.0 Å². The van der Waals surface area contributed by atoms with Crippen LogP contribution in [-0.2, 0) is 0 Å². The van der Waals surface area contributed by atoms with Crippen molar-refractivity contribution in [1.82, 2.24) is 25.1 Å². The number of aromatic nitrogens is 5. The Balaban J connectivity index is 2.26. The maximum atomic E-state index is 4.44. The third-order valence-electron chi connectivity index (χ3n) is 2.34. The van der Waals surface area contributed by atoms with Gasteiger partial charge in [-0.05, 0) is 32.0 Å². The lowest BCUT2D eigenvalue weighted by molar-refractivity contribution is 0.901. The van der Waals surface area contributed by atoms with Gasteiger partial charge in [0.15, 0.2) is 5.16 Å². The van der Waals surface area contributed by atoms with E-state index in [2.05, 4.69) is 37.4 Å². The summed E-state index contributed by atoms with van der Waals surface area (Å²) in [7, 11) is 0. The molecule has 0 aliphatic heterocycles. The molecule has 0 unspecified atom stereocenters. The molecule has 2 aromatic rings. The number of hydrogen-bond acceptors (Lipinski definition) is 6. The van der Waals surface area contributed by atoms with E-state index in [9.17, 15) is 0 Å². The van der Waals surface area contributed by atoms with Crippen molar-refractivity contribution >= 4 is 17.6 Å². The molecule has 0 aliphatic rings. The SMILES string of the molecule is CCCNc1nc(C)nc(Sc2ncn[nH]2)c1C. The van der Waals surface area contributed by atoms with Crippen molar-refractivity contribution in [2.24, 2.45) is 0 Å². The Morgan fingerprint density at radius 2 is 2.17 bits per heavy atom. The van der Waals surface area contributed by atoms with Gasteiger partial charge in [-0.3, -0.25) is 5.10 Å². The smallest absolute Gasteiger partial charge is 0.189 e. The molecular formula is C11H16N6S. The molecule has 2 heterocycles. The van der Waals surface area contributed by atoms with Crippen molar-refractivity contribution < 1.29 is 0 Å². The van der Waals surface area contributed by atoms with Gasteiger partial charge >= 0.3 is 0 Å². The Kier molecular flexibility index (Phi) is 4.14. The topological polar surface area (TPSA) is 79.4 Å². The first-order chi connectivity index (χ1) is 8.70. The average molecular weight is 264 g/mol. The number of hydrogen-bond donors (Lipinski definition) is 2. The summed E-state index contributed by atoms with van der Waals surface area (Å²) < 4.78 is 0. The van der Waals surface area contributed by atoms with E-state index in [1.165, 1.54) is 18.1 Å². The lowest BCUT2D eigenvalue weighted by Gasteiger charge is -2.11. The molecule has 7 heteroatoms. The van der Waals surface area contributed by atoms with E-state index in [1.807, 2.05) is 13.8 Å². The third kappa shape index (κ3) is 2.98. The van der Waals surface area contributed by atoms with Crippen LogP contribution in [0.25, 0.3) is 0 Å². The molecule has 0 atom stereocenters. The van der Waals surface area contributed by atoms with Crippen LogP contribution in [0, 0.1) is 13.8 Å². The van der Waals surface area contributed by atoms with Gasteiger partial charge in [-0.15, -0.1) is 0 Å². The Morgan fingerprint density at radius 1 is 1.33 bits per heavy atom. The second kappa shape index (κ2) is 5.81. The molecule has 2 N–H and O–H groups in total. The normalized spacial score (nSPS) is 10.6. The Hall–Kier alpha value is -1.63. The molecule has 0 aliphatic carbocycles. The maximum Gasteiger partial charge on any atom is 0.189 e. The van der Waals surface area contributed by atoms with E-state index < -0.39 is 0 Å². The highest BCUT2D eigenvalue weighted by Crippen LogP contribution is 2.28. The van der Waals surface area contributed by atoms with Crippen molar-refractivity contribution in [3.8, 4) is 0 Å². The van der Waals surface area contributed by atoms with Crippen LogP contribution in [-0.4, -0.2) is 31.7 Å². The fraction of sp³-hybridized carbons (Fsp3) is 0.455. The van der Waals surface area contributed by atoms with E-state index in [1.54, 1.807) is 0 Å². The van der Waals surface area contributed by atoms with E-state index in [0.29, 0.717) is 0 Å². The summed E-state index contributed by atoms with van der Waals surface area (Å²) in [5.74, 6) is 1.65. The van der Waals surface area contributed by atoms with Crippen LogP contribution in [0.1, 0.15) is 24.7 Å². The van der Waals surface area contributed by atoms with Crippen molar-refractivity contribution in [3.05, 3.63) is 17.7 Å². The van der Waals surface area contributed by atoms with E-state index in [4.69, 9.17) is 0 Å². The monoisotopic (exact) mass is 264 g/mol. The van der Waals surface area contributed by atoms with Gasteiger partial charge in [-0.25, -0.2) is 15.0 Å². The lowest BCUT2D eigenvalue weighted by atomic mass is 10.3. The quantitative estimate of drug-likeness (QED) is 0.806. The van der Waals surface area contributed by atoms with E-state index in [0.717, 1.165) is 40.4 Å². The second-order valence-electron chi connectivity index (χ2n) is 3.87. The summed E-state index contributed by atoms with van der Waals surface area (Å²) in [4.78, 5) is 12.9. The fourth-order valence-corrected chi connectivity index (χ4v) is 2.26. The van der Waals surface area contributed by atoms with Gasteiger partial charge in [0.05, 0.1) is 0 Å². The molecule has 0 amide bonds. The van der Waals surface area contributed by atoms with Crippen molar-refractivity contribution in [3.63, 3.8) is 0 Å². The summed E-state index contributed by atoms with van der Waals surface area (Å²) in [5, 5.41) is 11.6. The summed E-state index contributed by atoms with van der Waals surface area (Å²) in [6.45, 7) is 6.93. The van der Waals surface area contributed by atoms with Gasteiger partial charge in [-0.1, -0.05) is 6.92 Å². The van der Waals surface area contributed by atoms with Crippen LogP contribution in [0.3, 0.4) is 0 Å². The van der Waals surface area contributed by atoms with Gasteiger partial charge in [-0.2, -0.15) is 5.10 Å². The number of H-pyrrole nitrogens is 1. The minimum absolute atomic E-state index is 0.734. The zero-order chi connectivity index (χ0) is 13.0. The molecule has 2 rings (SSSR count). The predicted molar refractivity (Wildman–Crippen MR) is 70.8 cm³/mol. The first-order valence-electron chi connectivity index (χ1n) is 5.83. The van der Waals surface area contributed by atoms with Crippen LogP contribution in [0.5, 0.6) is 0 Å². The molecule has 0 radical (unpaired) electrons. The Bertz CT molecular complexity index is 511. The molecule has 0 saturated heterocycles. The summed E-state index contributed by atoms with van der Waals surface area (Å²) >= 11 is 1.46. The van der Waals surface area contributed by atoms with Crippen molar-refractivity contribution in [2.75, 3.05) is 11.9 Å². The number of rotatable bonds is 5. The average Bonchev–Trinajstić information content (AvgIpc) is 2.84. The zero-order valence-electron chi connectivity index (χ0n) is 10.7. The van der Waals surface area contributed by atoms with Crippen LogP contribution >= 0.6 is 11.8 Å². The molecule has 96 valence electrons. The largest absolute Gasteiger partial charge is 0.370 e. The molecular weight excluding hydrogens is 248 g/mol.